The van der Waals surface area contributed by atoms with E-state index in [1.807, 2.05) is 10.9 Å². The van der Waals surface area contributed by atoms with Crippen LogP contribution in [0.2, 0.25) is 0 Å². The van der Waals surface area contributed by atoms with E-state index in [4.69, 9.17) is 4.74 Å². The number of hydrogen-bond donors (Lipinski definition) is 2. The molecule has 1 unspecified atom stereocenters. The van der Waals surface area contributed by atoms with E-state index in [0.29, 0.717) is 17.5 Å². The Morgan fingerprint density at radius 2 is 2.30 bits per heavy atom. The van der Waals surface area contributed by atoms with Crippen molar-refractivity contribution in [3.05, 3.63) is 36.7 Å². The Kier molecular flexibility index (Phi) is 3.87. The summed E-state index contributed by atoms with van der Waals surface area (Å²) in [6, 6.07) is 7.25. The third-order valence-corrected chi connectivity index (χ3v) is 3.48. The fourth-order valence-electron chi connectivity index (χ4n) is 2.49. The van der Waals surface area contributed by atoms with Crippen molar-refractivity contribution in [1.82, 2.24) is 15.1 Å². The number of phenolic OH excluding ortho intramolecular Hbond substituents is 1. The molecule has 2 heterocycles. The summed E-state index contributed by atoms with van der Waals surface area (Å²) in [6.07, 6.45) is 7.34. The fourth-order valence-corrected chi connectivity index (χ4v) is 2.49. The first-order valence-corrected chi connectivity index (χ1v) is 7.02. The molecule has 2 aromatic rings. The number of ether oxygens (including phenoxy) is 1. The third kappa shape index (κ3) is 3.30. The first-order chi connectivity index (χ1) is 9.79. The highest BCUT2D eigenvalue weighted by atomic mass is 16.5. The normalized spacial score (nSPS) is 18.9. The van der Waals surface area contributed by atoms with Crippen molar-refractivity contribution in [2.45, 2.75) is 31.8 Å². The van der Waals surface area contributed by atoms with Crippen LogP contribution in [-0.2, 0) is 6.54 Å². The van der Waals surface area contributed by atoms with Gasteiger partial charge in [-0.25, -0.2) is 0 Å². The summed E-state index contributed by atoms with van der Waals surface area (Å²) in [7, 11) is 0. The van der Waals surface area contributed by atoms with Crippen LogP contribution in [-0.4, -0.2) is 27.5 Å². The second-order valence-corrected chi connectivity index (χ2v) is 5.14. The van der Waals surface area contributed by atoms with E-state index in [0.717, 1.165) is 13.1 Å². The van der Waals surface area contributed by atoms with Gasteiger partial charge in [-0.1, -0.05) is 12.5 Å². The van der Waals surface area contributed by atoms with E-state index >= 15 is 0 Å². The molecule has 5 nitrogen and oxygen atoms in total. The molecular weight excluding hydrogens is 254 g/mol. The molecule has 0 saturated carbocycles. The van der Waals surface area contributed by atoms with Gasteiger partial charge in [0.2, 0.25) is 0 Å². The minimum absolute atomic E-state index is 0.196. The molecule has 106 valence electrons. The summed E-state index contributed by atoms with van der Waals surface area (Å²) in [5.41, 5.74) is 0. The standard InChI is InChI=1S/C15H19N3O2/c19-13-5-3-6-14(8-13)20-15-9-17-18(11-15)10-12-4-1-2-7-16-12/h3,5-6,8-9,11-12,16,19H,1-2,4,7,10H2. The number of piperidine rings is 1. The Balaban J connectivity index is 1.61. The van der Waals surface area contributed by atoms with Crippen molar-refractivity contribution >= 4 is 0 Å². The zero-order chi connectivity index (χ0) is 13.8. The minimum Gasteiger partial charge on any atom is -0.508 e. The molecule has 0 amide bonds. The monoisotopic (exact) mass is 273 g/mol. The van der Waals surface area contributed by atoms with Crippen molar-refractivity contribution < 1.29 is 9.84 Å². The first kappa shape index (κ1) is 13.0. The molecule has 1 aliphatic heterocycles. The molecule has 0 radical (unpaired) electrons. The van der Waals surface area contributed by atoms with E-state index in [-0.39, 0.29) is 5.75 Å². The van der Waals surface area contributed by atoms with Gasteiger partial charge in [-0.15, -0.1) is 0 Å². The number of phenols is 1. The molecule has 20 heavy (non-hydrogen) atoms. The number of nitrogens with zero attached hydrogens (tertiary/aromatic N) is 2. The lowest BCUT2D eigenvalue weighted by atomic mass is 10.1. The largest absolute Gasteiger partial charge is 0.508 e. The smallest absolute Gasteiger partial charge is 0.165 e. The molecule has 1 aromatic heterocycles. The number of aromatic nitrogens is 2. The Morgan fingerprint density at radius 1 is 1.35 bits per heavy atom. The molecule has 0 bridgehead atoms. The summed E-state index contributed by atoms with van der Waals surface area (Å²) < 4.78 is 7.57. The highest BCUT2D eigenvalue weighted by Gasteiger charge is 2.13. The zero-order valence-electron chi connectivity index (χ0n) is 11.3. The highest BCUT2D eigenvalue weighted by Crippen LogP contribution is 2.24. The van der Waals surface area contributed by atoms with Gasteiger partial charge in [0, 0.05) is 12.1 Å². The van der Waals surface area contributed by atoms with Crippen LogP contribution in [0.4, 0.5) is 0 Å². The van der Waals surface area contributed by atoms with Crippen molar-refractivity contribution in [1.29, 1.82) is 0 Å². The van der Waals surface area contributed by atoms with Crippen LogP contribution in [0, 0.1) is 0 Å². The fraction of sp³-hybridized carbons (Fsp3) is 0.400. The van der Waals surface area contributed by atoms with Crippen LogP contribution in [0.15, 0.2) is 36.7 Å². The van der Waals surface area contributed by atoms with Gasteiger partial charge in [-0.3, -0.25) is 4.68 Å². The van der Waals surface area contributed by atoms with Crippen LogP contribution in [0.1, 0.15) is 19.3 Å². The van der Waals surface area contributed by atoms with Gasteiger partial charge < -0.3 is 15.2 Å². The topological polar surface area (TPSA) is 59.3 Å². The Hall–Kier alpha value is -2.01. The molecule has 1 atom stereocenters. The average Bonchev–Trinajstić information content (AvgIpc) is 2.87. The second-order valence-electron chi connectivity index (χ2n) is 5.14. The van der Waals surface area contributed by atoms with E-state index in [1.54, 1.807) is 30.5 Å². The molecule has 5 heteroatoms. The van der Waals surface area contributed by atoms with Crippen LogP contribution in [0.3, 0.4) is 0 Å². The molecule has 0 spiro atoms. The predicted molar refractivity (Wildman–Crippen MR) is 76.0 cm³/mol. The molecule has 1 saturated heterocycles. The lowest BCUT2D eigenvalue weighted by Gasteiger charge is -2.23. The number of aromatic hydroxyl groups is 1. The lowest BCUT2D eigenvalue weighted by molar-refractivity contribution is 0.350. The number of benzene rings is 1. The molecule has 2 N–H and O–H groups in total. The van der Waals surface area contributed by atoms with Crippen molar-refractivity contribution in [2.75, 3.05) is 6.54 Å². The minimum atomic E-state index is 0.196. The predicted octanol–water partition coefficient (Wildman–Crippen LogP) is 2.52. The van der Waals surface area contributed by atoms with E-state index in [1.165, 1.54) is 19.3 Å². The quantitative estimate of drug-likeness (QED) is 0.898. The molecular formula is C15H19N3O2. The Bertz CT molecular complexity index is 562. The maximum atomic E-state index is 9.40. The van der Waals surface area contributed by atoms with Gasteiger partial charge in [0.1, 0.15) is 11.5 Å². The van der Waals surface area contributed by atoms with Crippen LogP contribution >= 0.6 is 0 Å². The molecule has 3 rings (SSSR count). The zero-order valence-corrected chi connectivity index (χ0v) is 11.3. The number of nitrogens with one attached hydrogen (secondary N) is 1. The van der Waals surface area contributed by atoms with Gasteiger partial charge in [-0.2, -0.15) is 5.10 Å². The summed E-state index contributed by atoms with van der Waals surface area (Å²) in [6.45, 7) is 1.96. The maximum Gasteiger partial charge on any atom is 0.165 e. The second kappa shape index (κ2) is 5.96. The lowest BCUT2D eigenvalue weighted by Crippen LogP contribution is -2.37. The maximum absolute atomic E-state index is 9.40. The molecule has 1 aromatic carbocycles. The number of rotatable bonds is 4. The van der Waals surface area contributed by atoms with Crippen molar-refractivity contribution in [2.24, 2.45) is 0 Å². The molecule has 1 fully saturated rings. The summed E-state index contributed by atoms with van der Waals surface area (Å²) in [5.74, 6) is 1.49. The van der Waals surface area contributed by atoms with Crippen LogP contribution in [0.25, 0.3) is 0 Å². The summed E-state index contributed by atoms with van der Waals surface area (Å²) in [4.78, 5) is 0. The summed E-state index contributed by atoms with van der Waals surface area (Å²) in [5, 5.41) is 17.2. The van der Waals surface area contributed by atoms with Gasteiger partial charge in [0.25, 0.3) is 0 Å². The van der Waals surface area contributed by atoms with Crippen LogP contribution in [0.5, 0.6) is 17.2 Å². The average molecular weight is 273 g/mol. The van der Waals surface area contributed by atoms with Crippen molar-refractivity contribution in [3.63, 3.8) is 0 Å². The van der Waals surface area contributed by atoms with Gasteiger partial charge >= 0.3 is 0 Å². The van der Waals surface area contributed by atoms with E-state index < -0.39 is 0 Å². The highest BCUT2D eigenvalue weighted by molar-refractivity contribution is 5.34. The van der Waals surface area contributed by atoms with Gasteiger partial charge in [0.15, 0.2) is 5.75 Å². The van der Waals surface area contributed by atoms with E-state index in [2.05, 4.69) is 10.4 Å². The van der Waals surface area contributed by atoms with Crippen LogP contribution < -0.4 is 10.1 Å². The Labute approximate surface area is 118 Å². The van der Waals surface area contributed by atoms with Gasteiger partial charge in [-0.05, 0) is 31.5 Å². The van der Waals surface area contributed by atoms with E-state index in [9.17, 15) is 5.11 Å². The third-order valence-electron chi connectivity index (χ3n) is 3.48. The summed E-state index contributed by atoms with van der Waals surface area (Å²) >= 11 is 0. The molecule has 1 aliphatic rings. The number of hydrogen-bond acceptors (Lipinski definition) is 4. The molecule has 0 aliphatic carbocycles. The van der Waals surface area contributed by atoms with Crippen molar-refractivity contribution in [3.8, 4) is 17.2 Å². The Morgan fingerprint density at radius 3 is 3.10 bits per heavy atom. The first-order valence-electron chi connectivity index (χ1n) is 7.02. The SMILES string of the molecule is Oc1cccc(Oc2cnn(CC3CCCCN3)c2)c1. The van der Waals surface area contributed by atoms with Gasteiger partial charge in [0.05, 0.1) is 18.9 Å².